The van der Waals surface area contributed by atoms with Crippen LogP contribution in [0.3, 0.4) is 0 Å². The van der Waals surface area contributed by atoms with Crippen molar-refractivity contribution < 1.29 is 23.1 Å². The van der Waals surface area contributed by atoms with Gasteiger partial charge in [-0.05, 0) is 5.92 Å². The van der Waals surface area contributed by atoms with Gasteiger partial charge >= 0.3 is 12.0 Å². The number of carbonyl (C=O) groups excluding carboxylic acids is 1. The van der Waals surface area contributed by atoms with Gasteiger partial charge in [0.1, 0.15) is 6.04 Å². The van der Waals surface area contributed by atoms with Crippen molar-refractivity contribution in [2.75, 3.05) is 23.8 Å². The standard InChI is InChI=1S/C12H22N2O5S2/c1-4-21(18,19)6-5-13-12(17)14-9(11(15)16)7-20-10(14)8(2)3/h8-10H,4-7H2,1-3H3,(H,13,17)(H,15,16). The summed E-state index contributed by atoms with van der Waals surface area (Å²) in [7, 11) is -3.15. The van der Waals surface area contributed by atoms with Crippen molar-refractivity contribution in [3.05, 3.63) is 0 Å². The Kier molecular flexibility index (Phi) is 6.33. The molecule has 1 aliphatic rings. The molecule has 1 heterocycles. The molecule has 0 spiro atoms. The van der Waals surface area contributed by atoms with E-state index in [1.165, 1.54) is 16.7 Å². The molecular weight excluding hydrogens is 316 g/mol. The maximum Gasteiger partial charge on any atom is 0.327 e. The summed E-state index contributed by atoms with van der Waals surface area (Å²) in [5.74, 6) is -0.694. The Morgan fingerprint density at radius 1 is 1.43 bits per heavy atom. The van der Waals surface area contributed by atoms with E-state index in [2.05, 4.69) is 5.32 Å². The second kappa shape index (κ2) is 7.35. The first kappa shape index (κ1) is 18.1. The average Bonchev–Trinajstić information content (AvgIpc) is 2.83. The number of carboxylic acids is 1. The van der Waals surface area contributed by atoms with Crippen molar-refractivity contribution in [1.29, 1.82) is 0 Å². The number of thioether (sulfide) groups is 1. The summed E-state index contributed by atoms with van der Waals surface area (Å²) < 4.78 is 22.8. The van der Waals surface area contributed by atoms with Crippen LogP contribution in [0.25, 0.3) is 0 Å². The molecule has 0 aromatic heterocycles. The molecule has 0 aromatic rings. The molecule has 2 amide bonds. The molecule has 0 aromatic carbocycles. The van der Waals surface area contributed by atoms with Gasteiger partial charge in [0.15, 0.2) is 9.84 Å². The number of amides is 2. The number of hydrogen-bond donors (Lipinski definition) is 2. The summed E-state index contributed by atoms with van der Waals surface area (Å²) in [6.45, 7) is 5.38. The molecule has 9 heteroatoms. The predicted octanol–water partition coefficient (Wildman–Crippen LogP) is 0.615. The van der Waals surface area contributed by atoms with Crippen LogP contribution in [-0.4, -0.2) is 65.6 Å². The zero-order chi connectivity index (χ0) is 16.2. The van der Waals surface area contributed by atoms with E-state index in [1.54, 1.807) is 6.92 Å². The van der Waals surface area contributed by atoms with Gasteiger partial charge in [0.2, 0.25) is 0 Å². The van der Waals surface area contributed by atoms with Gasteiger partial charge in [-0.15, -0.1) is 11.8 Å². The lowest BCUT2D eigenvalue weighted by Gasteiger charge is -2.29. The summed E-state index contributed by atoms with van der Waals surface area (Å²) in [5.41, 5.74) is 0. The van der Waals surface area contributed by atoms with Crippen molar-refractivity contribution in [3.8, 4) is 0 Å². The first-order valence-electron chi connectivity index (χ1n) is 6.80. The van der Waals surface area contributed by atoms with Gasteiger partial charge < -0.3 is 10.4 Å². The van der Waals surface area contributed by atoms with Gasteiger partial charge in [-0.3, -0.25) is 4.90 Å². The first-order valence-corrected chi connectivity index (χ1v) is 9.67. The molecule has 1 fully saturated rings. The lowest BCUT2D eigenvalue weighted by Crippen LogP contribution is -2.52. The van der Waals surface area contributed by atoms with Crippen molar-refractivity contribution >= 4 is 33.6 Å². The fourth-order valence-electron chi connectivity index (χ4n) is 2.04. The minimum absolute atomic E-state index is 0.00662. The number of urea groups is 1. The van der Waals surface area contributed by atoms with Gasteiger partial charge in [0, 0.05) is 18.1 Å². The summed E-state index contributed by atoms with van der Waals surface area (Å²) in [6.07, 6.45) is 0. The summed E-state index contributed by atoms with van der Waals surface area (Å²) >= 11 is 1.43. The average molecular weight is 338 g/mol. The Hall–Kier alpha value is -0.960. The predicted molar refractivity (Wildman–Crippen MR) is 82.1 cm³/mol. The van der Waals surface area contributed by atoms with Crippen LogP contribution in [0.15, 0.2) is 0 Å². The Morgan fingerprint density at radius 3 is 2.52 bits per heavy atom. The molecule has 1 rings (SSSR count). The number of nitrogens with one attached hydrogen (secondary N) is 1. The van der Waals surface area contributed by atoms with E-state index < -0.39 is 27.9 Å². The normalized spacial score (nSPS) is 22.6. The van der Waals surface area contributed by atoms with E-state index in [1.807, 2.05) is 13.8 Å². The lowest BCUT2D eigenvalue weighted by atomic mass is 10.2. The molecule has 0 saturated carbocycles. The van der Waals surface area contributed by atoms with E-state index in [0.29, 0.717) is 5.75 Å². The third-order valence-corrected chi connectivity index (χ3v) is 6.58. The van der Waals surface area contributed by atoms with Crippen LogP contribution in [0.4, 0.5) is 4.79 Å². The maximum atomic E-state index is 12.2. The van der Waals surface area contributed by atoms with Gasteiger partial charge in [-0.2, -0.15) is 0 Å². The quantitative estimate of drug-likeness (QED) is 0.735. The van der Waals surface area contributed by atoms with E-state index in [0.717, 1.165) is 0 Å². The molecule has 0 aliphatic carbocycles. The fourth-order valence-corrected chi connectivity index (χ4v) is 4.21. The smallest absolute Gasteiger partial charge is 0.327 e. The lowest BCUT2D eigenvalue weighted by molar-refractivity contribution is -0.141. The molecule has 7 nitrogen and oxygen atoms in total. The van der Waals surface area contributed by atoms with Crippen LogP contribution in [0.1, 0.15) is 20.8 Å². The summed E-state index contributed by atoms with van der Waals surface area (Å²) in [6, 6.07) is -1.39. The Labute approximate surface area is 129 Å². The van der Waals surface area contributed by atoms with E-state index in [-0.39, 0.29) is 29.3 Å². The van der Waals surface area contributed by atoms with Crippen LogP contribution in [0.5, 0.6) is 0 Å². The number of rotatable bonds is 6. The molecule has 1 aliphatic heterocycles. The number of sulfone groups is 1. The highest BCUT2D eigenvalue weighted by Gasteiger charge is 2.42. The Balaban J connectivity index is 2.69. The summed E-state index contributed by atoms with van der Waals surface area (Å²) in [5, 5.41) is 11.5. The van der Waals surface area contributed by atoms with Crippen molar-refractivity contribution in [2.45, 2.75) is 32.2 Å². The molecule has 0 radical (unpaired) electrons. The second-order valence-electron chi connectivity index (χ2n) is 5.20. The van der Waals surface area contributed by atoms with Gasteiger partial charge in [-0.25, -0.2) is 18.0 Å². The number of carbonyl (C=O) groups is 2. The SMILES string of the molecule is CCS(=O)(=O)CCNC(=O)N1C(C(=O)O)CSC1C(C)C. The largest absolute Gasteiger partial charge is 0.480 e. The summed E-state index contributed by atoms with van der Waals surface area (Å²) in [4.78, 5) is 24.7. The minimum atomic E-state index is -3.15. The van der Waals surface area contributed by atoms with Crippen LogP contribution in [0.2, 0.25) is 0 Å². The number of carboxylic acid groups (broad SMARTS) is 1. The molecule has 1 saturated heterocycles. The molecule has 122 valence electrons. The zero-order valence-electron chi connectivity index (χ0n) is 12.4. The number of hydrogen-bond acceptors (Lipinski definition) is 5. The topological polar surface area (TPSA) is 104 Å². The highest BCUT2D eigenvalue weighted by molar-refractivity contribution is 8.00. The van der Waals surface area contributed by atoms with E-state index in [9.17, 15) is 23.1 Å². The van der Waals surface area contributed by atoms with Crippen molar-refractivity contribution in [2.24, 2.45) is 5.92 Å². The third-order valence-electron chi connectivity index (χ3n) is 3.25. The molecule has 2 atom stereocenters. The fraction of sp³-hybridized carbons (Fsp3) is 0.833. The second-order valence-corrected chi connectivity index (χ2v) is 8.82. The maximum absolute atomic E-state index is 12.2. The van der Waals surface area contributed by atoms with Gasteiger partial charge in [-0.1, -0.05) is 20.8 Å². The third kappa shape index (κ3) is 4.77. The highest BCUT2D eigenvalue weighted by atomic mass is 32.2. The van der Waals surface area contributed by atoms with Crippen LogP contribution in [-0.2, 0) is 14.6 Å². The molecule has 0 bridgehead atoms. The molecular formula is C12H22N2O5S2. The van der Waals surface area contributed by atoms with Crippen molar-refractivity contribution in [1.82, 2.24) is 10.2 Å². The first-order chi connectivity index (χ1) is 9.69. The van der Waals surface area contributed by atoms with Crippen molar-refractivity contribution in [3.63, 3.8) is 0 Å². The van der Waals surface area contributed by atoms with Gasteiger partial charge in [0.25, 0.3) is 0 Å². The monoisotopic (exact) mass is 338 g/mol. The molecule has 2 N–H and O–H groups in total. The van der Waals surface area contributed by atoms with Crippen LogP contribution >= 0.6 is 11.8 Å². The molecule has 21 heavy (non-hydrogen) atoms. The zero-order valence-corrected chi connectivity index (χ0v) is 14.0. The van der Waals surface area contributed by atoms with Gasteiger partial charge in [0.05, 0.1) is 11.1 Å². The number of aliphatic carboxylic acids is 1. The van der Waals surface area contributed by atoms with E-state index in [4.69, 9.17) is 0 Å². The number of nitrogens with zero attached hydrogens (tertiary/aromatic N) is 1. The molecule has 2 unspecified atom stereocenters. The minimum Gasteiger partial charge on any atom is -0.480 e. The Morgan fingerprint density at radius 2 is 2.05 bits per heavy atom. The van der Waals surface area contributed by atoms with Crippen LogP contribution < -0.4 is 5.32 Å². The van der Waals surface area contributed by atoms with Crippen LogP contribution in [0, 0.1) is 5.92 Å². The highest BCUT2D eigenvalue weighted by Crippen LogP contribution is 2.33. The Bertz CT molecular complexity index is 492. The van der Waals surface area contributed by atoms with E-state index >= 15 is 0 Å².